The number of likely N-dealkylation sites (N-methyl/N-ethyl adjacent to an activating group) is 1. The van der Waals surface area contributed by atoms with Crippen molar-refractivity contribution in [2.45, 2.75) is 39.0 Å². The van der Waals surface area contributed by atoms with E-state index in [9.17, 15) is 14.7 Å². The Hall–Kier alpha value is -3.74. The van der Waals surface area contributed by atoms with Gasteiger partial charge in [0.1, 0.15) is 0 Å². The number of carbonyl (C=O) groups excluding carboxylic acids is 2. The monoisotopic (exact) mass is 650 g/mol. The molecule has 2 aliphatic heterocycles. The van der Waals surface area contributed by atoms with E-state index in [-0.39, 0.29) is 17.6 Å². The number of nitrogens with zero attached hydrogens (tertiary/aromatic N) is 6. The standard InChI is InChI=1S/C32H36Cl2N8O3/c1-18(43)15-42-14-12-26-24(17-42)36-30(41(26)4)32(45)38-22-10-6-8-20(28(22)34)19-7-5-9-21(27(19)33)37-31(44)29-35-23-16-39(2)13-11-25(23)40(29)3/h5-10,18,43H,11-17H2,1-4H3,(H,37,44)(H,38,45)/t18-/m0/s1. The SMILES string of the molecule is C[C@H](O)CN1CCc2c(nc(C(=O)Nc3cccc(-c4cccc(NC(=O)c5nc6c(n5C)CCN(C)C6)c4Cl)c3Cl)n2C)C1. The average Bonchev–Trinajstić information content (AvgIpc) is 3.50. The van der Waals surface area contributed by atoms with Crippen LogP contribution in [0.25, 0.3) is 11.1 Å². The summed E-state index contributed by atoms with van der Waals surface area (Å²) in [4.78, 5) is 40.3. The van der Waals surface area contributed by atoms with Crippen molar-refractivity contribution in [1.82, 2.24) is 28.9 Å². The van der Waals surface area contributed by atoms with Crippen LogP contribution in [0.3, 0.4) is 0 Å². The third kappa shape index (κ3) is 6.10. The molecule has 0 fully saturated rings. The van der Waals surface area contributed by atoms with Crippen molar-refractivity contribution in [1.29, 1.82) is 0 Å². The summed E-state index contributed by atoms with van der Waals surface area (Å²) < 4.78 is 3.67. The summed E-state index contributed by atoms with van der Waals surface area (Å²) in [6.07, 6.45) is 1.13. The fourth-order valence-corrected chi connectivity index (χ4v) is 6.76. The third-order valence-corrected chi connectivity index (χ3v) is 9.31. The predicted molar refractivity (Wildman–Crippen MR) is 175 cm³/mol. The summed E-state index contributed by atoms with van der Waals surface area (Å²) in [5.41, 5.74) is 5.83. The first-order chi connectivity index (χ1) is 21.5. The summed E-state index contributed by atoms with van der Waals surface area (Å²) in [5.74, 6) is -0.131. The molecule has 2 amide bonds. The molecule has 45 heavy (non-hydrogen) atoms. The lowest BCUT2D eigenvalue weighted by molar-refractivity contribution is 0.100. The molecule has 2 aromatic heterocycles. The van der Waals surface area contributed by atoms with Crippen molar-refractivity contribution < 1.29 is 14.7 Å². The van der Waals surface area contributed by atoms with Gasteiger partial charge in [0.2, 0.25) is 0 Å². The summed E-state index contributed by atoms with van der Waals surface area (Å²) in [6, 6.07) is 10.6. The van der Waals surface area contributed by atoms with E-state index in [1.807, 2.05) is 42.4 Å². The molecule has 6 rings (SSSR count). The summed E-state index contributed by atoms with van der Waals surface area (Å²) in [6.45, 7) is 5.28. The van der Waals surface area contributed by atoms with Crippen molar-refractivity contribution >= 4 is 46.4 Å². The van der Waals surface area contributed by atoms with Crippen molar-refractivity contribution in [3.63, 3.8) is 0 Å². The van der Waals surface area contributed by atoms with Crippen LogP contribution in [0.1, 0.15) is 50.9 Å². The number of aliphatic hydroxyl groups excluding tert-OH is 1. The van der Waals surface area contributed by atoms with Gasteiger partial charge in [-0.3, -0.25) is 14.5 Å². The van der Waals surface area contributed by atoms with Crippen molar-refractivity contribution in [2.24, 2.45) is 14.1 Å². The molecule has 0 spiro atoms. The Morgan fingerprint density at radius 2 is 1.31 bits per heavy atom. The molecule has 3 N–H and O–H groups in total. The van der Waals surface area contributed by atoms with Crippen molar-refractivity contribution in [3.05, 3.63) is 80.9 Å². The maximum Gasteiger partial charge on any atom is 0.291 e. The number of amides is 2. The molecule has 2 aliphatic rings. The normalized spacial score (nSPS) is 15.8. The van der Waals surface area contributed by atoms with E-state index in [4.69, 9.17) is 23.2 Å². The molecule has 0 saturated carbocycles. The quantitative estimate of drug-likeness (QED) is 0.272. The highest BCUT2D eigenvalue weighted by Gasteiger charge is 2.27. The van der Waals surface area contributed by atoms with Gasteiger partial charge in [-0.25, -0.2) is 9.97 Å². The van der Waals surface area contributed by atoms with Gasteiger partial charge in [-0.05, 0) is 26.1 Å². The smallest absolute Gasteiger partial charge is 0.291 e. The molecule has 236 valence electrons. The van der Waals surface area contributed by atoms with Gasteiger partial charge < -0.3 is 29.8 Å². The third-order valence-electron chi connectivity index (χ3n) is 8.49. The molecule has 2 aromatic carbocycles. The maximum absolute atomic E-state index is 13.4. The van der Waals surface area contributed by atoms with Gasteiger partial charge in [-0.2, -0.15) is 0 Å². The van der Waals surface area contributed by atoms with Gasteiger partial charge >= 0.3 is 0 Å². The highest BCUT2D eigenvalue weighted by molar-refractivity contribution is 6.40. The van der Waals surface area contributed by atoms with Gasteiger partial charge in [-0.1, -0.05) is 47.5 Å². The number of aliphatic hydroxyl groups is 1. The van der Waals surface area contributed by atoms with E-state index in [0.717, 1.165) is 48.7 Å². The van der Waals surface area contributed by atoms with E-state index in [1.165, 1.54) is 0 Å². The topological polar surface area (TPSA) is 121 Å². The second-order valence-electron chi connectivity index (χ2n) is 11.8. The number of imidazole rings is 2. The van der Waals surface area contributed by atoms with Crippen LogP contribution >= 0.6 is 23.2 Å². The molecule has 11 nitrogen and oxygen atoms in total. The Morgan fingerprint density at radius 1 is 0.822 bits per heavy atom. The molecule has 0 aliphatic carbocycles. The largest absolute Gasteiger partial charge is 0.392 e. The molecule has 0 saturated heterocycles. The minimum absolute atomic E-state index is 0.283. The van der Waals surface area contributed by atoms with Crippen molar-refractivity contribution in [3.8, 4) is 11.1 Å². The van der Waals surface area contributed by atoms with E-state index < -0.39 is 6.10 Å². The minimum Gasteiger partial charge on any atom is -0.392 e. The lowest BCUT2D eigenvalue weighted by Gasteiger charge is -2.27. The minimum atomic E-state index is -0.439. The maximum atomic E-state index is 13.4. The Morgan fingerprint density at radius 3 is 1.82 bits per heavy atom. The number of carbonyl (C=O) groups is 2. The number of aromatic nitrogens is 4. The van der Waals surface area contributed by atoms with E-state index >= 15 is 0 Å². The first-order valence-electron chi connectivity index (χ1n) is 14.9. The Balaban J connectivity index is 1.22. The number of hydrogen-bond donors (Lipinski definition) is 3. The lowest BCUT2D eigenvalue weighted by Crippen LogP contribution is -2.36. The molecular weight excluding hydrogens is 615 g/mol. The molecule has 0 bridgehead atoms. The summed E-state index contributed by atoms with van der Waals surface area (Å²) in [5, 5.41) is 16.2. The van der Waals surface area contributed by atoms with Crippen LogP contribution in [0.5, 0.6) is 0 Å². The van der Waals surface area contributed by atoms with Crippen LogP contribution in [-0.2, 0) is 40.0 Å². The van der Waals surface area contributed by atoms with Gasteiger partial charge in [0, 0.05) is 82.2 Å². The fraction of sp³-hybridized carbons (Fsp3) is 0.375. The zero-order valence-corrected chi connectivity index (χ0v) is 27.2. The zero-order valence-electron chi connectivity index (χ0n) is 25.7. The lowest BCUT2D eigenvalue weighted by atomic mass is 10.0. The van der Waals surface area contributed by atoms with Gasteiger partial charge in [0.15, 0.2) is 11.6 Å². The van der Waals surface area contributed by atoms with Crippen LogP contribution in [0.2, 0.25) is 10.0 Å². The Bertz CT molecular complexity index is 1800. The second-order valence-corrected chi connectivity index (χ2v) is 12.6. The number of anilines is 2. The number of benzene rings is 2. The van der Waals surface area contributed by atoms with Gasteiger partial charge in [-0.15, -0.1) is 0 Å². The summed E-state index contributed by atoms with van der Waals surface area (Å²) >= 11 is 13.7. The van der Waals surface area contributed by atoms with Crippen LogP contribution in [0, 0.1) is 0 Å². The molecule has 4 aromatic rings. The predicted octanol–water partition coefficient (Wildman–Crippen LogP) is 4.36. The number of rotatable bonds is 7. The zero-order chi connectivity index (χ0) is 32.0. The van der Waals surface area contributed by atoms with Crippen LogP contribution in [0.15, 0.2) is 36.4 Å². The molecule has 1 atom stereocenters. The van der Waals surface area contributed by atoms with Crippen LogP contribution in [0.4, 0.5) is 11.4 Å². The molecule has 13 heteroatoms. The number of hydrogen-bond acceptors (Lipinski definition) is 7. The molecule has 4 heterocycles. The number of β-amino-alcohol motifs (C(OH)–C–C–N with tert-alkyl or cyclic N) is 1. The van der Waals surface area contributed by atoms with E-state index in [0.29, 0.717) is 58.0 Å². The molecular formula is C32H36Cl2N8O3. The average molecular weight is 652 g/mol. The highest BCUT2D eigenvalue weighted by Crippen LogP contribution is 2.40. The van der Waals surface area contributed by atoms with Gasteiger partial charge in [0.25, 0.3) is 11.8 Å². The van der Waals surface area contributed by atoms with Gasteiger partial charge in [0.05, 0.1) is 38.9 Å². The Labute approximate surface area is 271 Å². The summed E-state index contributed by atoms with van der Waals surface area (Å²) in [7, 11) is 5.73. The highest BCUT2D eigenvalue weighted by atomic mass is 35.5. The number of fused-ring (bicyclic) bond motifs is 2. The van der Waals surface area contributed by atoms with E-state index in [1.54, 1.807) is 31.2 Å². The van der Waals surface area contributed by atoms with Crippen LogP contribution in [-0.4, -0.2) is 78.6 Å². The molecule has 0 radical (unpaired) electrons. The second kappa shape index (κ2) is 12.6. The fourth-order valence-electron chi connectivity index (χ4n) is 6.21. The van der Waals surface area contributed by atoms with Crippen LogP contribution < -0.4 is 10.6 Å². The Kier molecular flexibility index (Phi) is 8.73. The molecule has 0 unspecified atom stereocenters. The van der Waals surface area contributed by atoms with E-state index in [2.05, 4.69) is 30.4 Å². The number of halogens is 2. The number of nitrogens with one attached hydrogen (secondary N) is 2. The first-order valence-corrected chi connectivity index (χ1v) is 15.6. The van der Waals surface area contributed by atoms with Crippen molar-refractivity contribution in [2.75, 3.05) is 37.3 Å². The first kappa shape index (κ1) is 31.3.